The van der Waals surface area contributed by atoms with E-state index < -0.39 is 5.41 Å². The molecule has 0 heterocycles. The molecule has 19 heavy (non-hydrogen) atoms. The average Bonchev–Trinajstić information content (AvgIpc) is 2.27. The Kier molecular flexibility index (Phi) is 5.54. The second kappa shape index (κ2) is 6.70. The fourth-order valence-electron chi connectivity index (χ4n) is 1.34. The van der Waals surface area contributed by atoms with Crippen LogP contribution in [0.1, 0.15) is 27.2 Å². The van der Waals surface area contributed by atoms with E-state index in [2.05, 4.69) is 26.6 Å². The molecule has 4 nitrogen and oxygen atoms in total. The van der Waals surface area contributed by atoms with E-state index in [4.69, 9.17) is 0 Å². The fraction of sp³-hybridized carbons (Fsp3) is 0.429. The summed E-state index contributed by atoms with van der Waals surface area (Å²) in [7, 11) is 0. The molecule has 1 aromatic carbocycles. The molecule has 0 bridgehead atoms. The van der Waals surface area contributed by atoms with Gasteiger partial charge in [-0.2, -0.15) is 0 Å². The molecule has 0 aromatic heterocycles. The lowest BCUT2D eigenvalue weighted by Gasteiger charge is -2.17. The molecule has 0 unspecified atom stereocenters. The predicted molar refractivity (Wildman–Crippen MR) is 79.9 cm³/mol. The number of nitrogens with one attached hydrogen (secondary N) is 2. The number of carbonyl (C=O) groups is 2. The van der Waals surface area contributed by atoms with Crippen LogP contribution < -0.4 is 10.6 Å². The molecular formula is C14H19BrN2O2. The monoisotopic (exact) mass is 326 g/mol. The molecule has 0 atom stereocenters. The zero-order valence-corrected chi connectivity index (χ0v) is 13.0. The van der Waals surface area contributed by atoms with Crippen LogP contribution in [0.5, 0.6) is 0 Å². The molecule has 0 saturated heterocycles. The van der Waals surface area contributed by atoms with Crippen LogP contribution in [-0.4, -0.2) is 18.4 Å². The highest BCUT2D eigenvalue weighted by Crippen LogP contribution is 2.15. The van der Waals surface area contributed by atoms with E-state index in [1.807, 2.05) is 45.0 Å². The van der Waals surface area contributed by atoms with Crippen molar-refractivity contribution in [3.05, 3.63) is 28.7 Å². The minimum atomic E-state index is -0.430. The van der Waals surface area contributed by atoms with Crippen molar-refractivity contribution in [1.82, 2.24) is 5.32 Å². The van der Waals surface area contributed by atoms with Gasteiger partial charge in [0.15, 0.2) is 0 Å². The van der Waals surface area contributed by atoms with E-state index in [0.29, 0.717) is 6.54 Å². The van der Waals surface area contributed by atoms with Crippen molar-refractivity contribution >= 4 is 33.4 Å². The third kappa shape index (κ3) is 5.87. The summed E-state index contributed by atoms with van der Waals surface area (Å²) < 4.78 is 0.909. The number of carbonyl (C=O) groups excluding carboxylic acids is 2. The first-order chi connectivity index (χ1) is 8.79. The second-order valence-electron chi connectivity index (χ2n) is 5.31. The Morgan fingerprint density at radius 1 is 1.26 bits per heavy atom. The van der Waals surface area contributed by atoms with Crippen molar-refractivity contribution in [3.63, 3.8) is 0 Å². The van der Waals surface area contributed by atoms with Crippen molar-refractivity contribution in [2.75, 3.05) is 11.9 Å². The SMILES string of the molecule is CC(C)(C)C(=O)NCCC(=O)Nc1cccc(Br)c1. The lowest BCUT2D eigenvalue weighted by molar-refractivity contribution is -0.128. The third-order valence-electron chi connectivity index (χ3n) is 2.43. The highest BCUT2D eigenvalue weighted by molar-refractivity contribution is 9.10. The number of hydrogen-bond acceptors (Lipinski definition) is 2. The minimum absolute atomic E-state index is 0.0530. The Bertz CT molecular complexity index is 467. The molecular weight excluding hydrogens is 308 g/mol. The molecule has 1 aromatic rings. The van der Waals surface area contributed by atoms with Gasteiger partial charge >= 0.3 is 0 Å². The van der Waals surface area contributed by atoms with Crippen LogP contribution in [0.4, 0.5) is 5.69 Å². The zero-order chi connectivity index (χ0) is 14.5. The Hall–Kier alpha value is -1.36. The molecule has 5 heteroatoms. The first kappa shape index (κ1) is 15.7. The van der Waals surface area contributed by atoms with E-state index in [1.165, 1.54) is 0 Å². The number of halogens is 1. The van der Waals surface area contributed by atoms with Crippen LogP contribution in [-0.2, 0) is 9.59 Å². The molecule has 0 aliphatic heterocycles. The topological polar surface area (TPSA) is 58.2 Å². The molecule has 0 aliphatic carbocycles. The van der Waals surface area contributed by atoms with E-state index in [9.17, 15) is 9.59 Å². The van der Waals surface area contributed by atoms with Crippen LogP contribution in [0, 0.1) is 5.41 Å². The zero-order valence-electron chi connectivity index (χ0n) is 11.4. The van der Waals surface area contributed by atoms with E-state index in [-0.39, 0.29) is 18.2 Å². The Labute approximate surface area is 122 Å². The lowest BCUT2D eigenvalue weighted by atomic mass is 9.96. The normalized spacial score (nSPS) is 10.9. The van der Waals surface area contributed by atoms with Gasteiger partial charge in [-0.25, -0.2) is 0 Å². The van der Waals surface area contributed by atoms with E-state index in [1.54, 1.807) is 0 Å². The van der Waals surface area contributed by atoms with Crippen LogP contribution in [0.25, 0.3) is 0 Å². The van der Waals surface area contributed by atoms with Gasteiger partial charge in [-0.15, -0.1) is 0 Å². The standard InChI is InChI=1S/C14H19BrN2O2/c1-14(2,3)13(19)16-8-7-12(18)17-11-6-4-5-10(15)9-11/h4-6,9H,7-8H2,1-3H3,(H,16,19)(H,17,18). The summed E-state index contributed by atoms with van der Waals surface area (Å²) in [4.78, 5) is 23.3. The number of hydrogen-bond donors (Lipinski definition) is 2. The summed E-state index contributed by atoms with van der Waals surface area (Å²) in [5.74, 6) is -0.171. The molecule has 2 amide bonds. The minimum Gasteiger partial charge on any atom is -0.355 e. The summed E-state index contributed by atoms with van der Waals surface area (Å²) >= 11 is 3.34. The maximum Gasteiger partial charge on any atom is 0.226 e. The van der Waals surface area contributed by atoms with Gasteiger partial charge in [0, 0.05) is 28.5 Å². The lowest BCUT2D eigenvalue weighted by Crippen LogP contribution is -2.36. The molecule has 1 rings (SSSR count). The molecule has 0 aliphatic rings. The van der Waals surface area contributed by atoms with E-state index in [0.717, 1.165) is 10.2 Å². The Morgan fingerprint density at radius 2 is 1.95 bits per heavy atom. The van der Waals surface area contributed by atoms with Crippen LogP contribution in [0.2, 0.25) is 0 Å². The van der Waals surface area contributed by atoms with Gasteiger partial charge in [-0.1, -0.05) is 42.8 Å². The van der Waals surface area contributed by atoms with Crippen molar-refractivity contribution in [1.29, 1.82) is 0 Å². The first-order valence-corrected chi connectivity index (χ1v) is 6.92. The van der Waals surface area contributed by atoms with Crippen LogP contribution in [0.3, 0.4) is 0 Å². The second-order valence-corrected chi connectivity index (χ2v) is 6.23. The molecule has 0 saturated carbocycles. The first-order valence-electron chi connectivity index (χ1n) is 6.13. The average molecular weight is 327 g/mol. The Balaban J connectivity index is 2.35. The van der Waals surface area contributed by atoms with E-state index >= 15 is 0 Å². The summed E-state index contributed by atoms with van der Waals surface area (Å²) in [6.45, 7) is 5.85. The van der Waals surface area contributed by atoms with Gasteiger partial charge in [0.25, 0.3) is 0 Å². The number of benzene rings is 1. The molecule has 104 valence electrons. The quantitative estimate of drug-likeness (QED) is 0.893. The van der Waals surface area contributed by atoms with Gasteiger partial charge in [0.05, 0.1) is 0 Å². The van der Waals surface area contributed by atoms with Crippen LogP contribution in [0.15, 0.2) is 28.7 Å². The smallest absolute Gasteiger partial charge is 0.226 e. The third-order valence-corrected chi connectivity index (χ3v) is 2.92. The number of amides is 2. The number of anilines is 1. The summed E-state index contributed by atoms with van der Waals surface area (Å²) in [5.41, 5.74) is 0.308. The van der Waals surface area contributed by atoms with Gasteiger partial charge in [0.1, 0.15) is 0 Å². The Morgan fingerprint density at radius 3 is 2.53 bits per heavy atom. The summed E-state index contributed by atoms with van der Waals surface area (Å²) in [6, 6.07) is 7.38. The summed E-state index contributed by atoms with van der Waals surface area (Å²) in [5, 5.41) is 5.52. The largest absolute Gasteiger partial charge is 0.355 e. The molecule has 0 spiro atoms. The molecule has 2 N–H and O–H groups in total. The van der Waals surface area contributed by atoms with Crippen molar-refractivity contribution in [2.45, 2.75) is 27.2 Å². The van der Waals surface area contributed by atoms with Gasteiger partial charge in [-0.05, 0) is 18.2 Å². The van der Waals surface area contributed by atoms with Crippen LogP contribution >= 0.6 is 15.9 Å². The van der Waals surface area contributed by atoms with Gasteiger partial charge in [0.2, 0.25) is 11.8 Å². The van der Waals surface area contributed by atoms with Crippen molar-refractivity contribution in [2.24, 2.45) is 5.41 Å². The maximum atomic E-state index is 11.7. The predicted octanol–water partition coefficient (Wildman–Crippen LogP) is 2.94. The summed E-state index contributed by atoms with van der Waals surface area (Å²) in [6.07, 6.45) is 0.258. The molecule has 0 radical (unpaired) electrons. The van der Waals surface area contributed by atoms with Crippen molar-refractivity contribution < 1.29 is 9.59 Å². The highest BCUT2D eigenvalue weighted by atomic mass is 79.9. The molecule has 0 fully saturated rings. The highest BCUT2D eigenvalue weighted by Gasteiger charge is 2.20. The number of rotatable bonds is 4. The van der Waals surface area contributed by atoms with Gasteiger partial charge in [-0.3, -0.25) is 9.59 Å². The van der Waals surface area contributed by atoms with Gasteiger partial charge < -0.3 is 10.6 Å². The fourth-order valence-corrected chi connectivity index (χ4v) is 1.74. The maximum absolute atomic E-state index is 11.7. The van der Waals surface area contributed by atoms with Crippen molar-refractivity contribution in [3.8, 4) is 0 Å².